The molecule has 0 amide bonds. The van der Waals surface area contributed by atoms with E-state index in [2.05, 4.69) is 20.2 Å². The second kappa shape index (κ2) is 6.70. The zero-order valence-corrected chi connectivity index (χ0v) is 14.9. The topological polar surface area (TPSA) is 43.4 Å². The third-order valence-electron chi connectivity index (χ3n) is 6.02. The minimum Gasteiger partial charge on any atom is -0.361 e. The maximum absolute atomic E-state index is 13.3. The lowest BCUT2D eigenvalue weighted by Crippen LogP contribution is -2.41. The number of aliphatic imine (C=N–C) groups is 1. The normalized spacial score (nSPS) is 20.1. The van der Waals surface area contributed by atoms with Crippen LogP contribution in [0.25, 0.3) is 10.9 Å². The second-order valence-electron chi connectivity index (χ2n) is 7.61. The Hall–Kier alpha value is -2.04. The summed E-state index contributed by atoms with van der Waals surface area (Å²) in [5.41, 5.74) is 2.63. The molecule has 1 aliphatic carbocycles. The van der Waals surface area contributed by atoms with Gasteiger partial charge < -0.3 is 15.2 Å². The first-order valence-corrected chi connectivity index (χ1v) is 9.40. The molecule has 1 saturated heterocycles. The molecule has 25 heavy (non-hydrogen) atoms. The summed E-state index contributed by atoms with van der Waals surface area (Å²) in [7, 11) is 1.87. The number of likely N-dealkylation sites (tertiary alicyclic amines) is 1. The molecule has 134 valence electrons. The average Bonchev–Trinajstić information content (AvgIpc) is 3.33. The minimum absolute atomic E-state index is 0.200. The van der Waals surface area contributed by atoms with E-state index < -0.39 is 0 Å². The van der Waals surface area contributed by atoms with Crippen molar-refractivity contribution in [3.8, 4) is 0 Å². The van der Waals surface area contributed by atoms with Gasteiger partial charge >= 0.3 is 0 Å². The van der Waals surface area contributed by atoms with Crippen molar-refractivity contribution < 1.29 is 4.39 Å². The van der Waals surface area contributed by atoms with E-state index in [1.807, 2.05) is 19.3 Å². The molecule has 5 heteroatoms. The van der Waals surface area contributed by atoms with Crippen LogP contribution >= 0.6 is 0 Å². The van der Waals surface area contributed by atoms with Crippen molar-refractivity contribution in [3.05, 3.63) is 35.8 Å². The lowest BCUT2D eigenvalue weighted by atomic mass is 9.86. The Morgan fingerprint density at radius 2 is 2.16 bits per heavy atom. The van der Waals surface area contributed by atoms with E-state index >= 15 is 0 Å². The van der Waals surface area contributed by atoms with Crippen LogP contribution in [0.4, 0.5) is 4.39 Å². The zero-order chi connectivity index (χ0) is 17.3. The number of hydrogen-bond donors (Lipinski definition) is 2. The largest absolute Gasteiger partial charge is 0.361 e. The standard InChI is InChI=1S/C20H27FN4/c1-22-19(25-11-9-20(14-25)7-2-3-8-20)23-10-6-15-13-24-18-12-16(21)4-5-17(15)18/h4-5,12-13,24H,2-3,6-11,14H2,1H3,(H,22,23). The van der Waals surface area contributed by atoms with Gasteiger partial charge in [-0.25, -0.2) is 4.39 Å². The van der Waals surface area contributed by atoms with Gasteiger partial charge in [0.25, 0.3) is 0 Å². The Bertz CT molecular complexity index is 773. The van der Waals surface area contributed by atoms with Crippen molar-refractivity contribution in [1.29, 1.82) is 0 Å². The molecule has 0 radical (unpaired) electrons. The number of hydrogen-bond acceptors (Lipinski definition) is 1. The third-order valence-corrected chi connectivity index (χ3v) is 6.02. The number of nitrogens with one attached hydrogen (secondary N) is 2. The Morgan fingerprint density at radius 1 is 1.32 bits per heavy atom. The quantitative estimate of drug-likeness (QED) is 0.660. The second-order valence-corrected chi connectivity index (χ2v) is 7.61. The molecule has 2 aromatic rings. The predicted molar refractivity (Wildman–Crippen MR) is 100 cm³/mol. The van der Waals surface area contributed by atoms with Crippen LogP contribution in [0.1, 0.15) is 37.7 Å². The van der Waals surface area contributed by atoms with Gasteiger partial charge in [0.1, 0.15) is 5.82 Å². The van der Waals surface area contributed by atoms with Crippen LogP contribution in [0, 0.1) is 11.2 Å². The molecule has 0 bridgehead atoms. The summed E-state index contributed by atoms with van der Waals surface area (Å²) >= 11 is 0. The number of rotatable bonds is 3. The highest BCUT2D eigenvalue weighted by Gasteiger charge is 2.40. The van der Waals surface area contributed by atoms with E-state index in [1.165, 1.54) is 43.7 Å². The maximum Gasteiger partial charge on any atom is 0.193 e. The molecule has 4 nitrogen and oxygen atoms in total. The van der Waals surface area contributed by atoms with Gasteiger partial charge in [0.05, 0.1) is 0 Å². The van der Waals surface area contributed by atoms with Crippen LogP contribution in [-0.2, 0) is 6.42 Å². The molecule has 1 aromatic heterocycles. The Labute approximate surface area is 148 Å². The summed E-state index contributed by atoms with van der Waals surface area (Å²) in [5, 5.41) is 4.62. The molecule has 1 aromatic carbocycles. The highest BCUT2D eigenvalue weighted by molar-refractivity contribution is 5.83. The van der Waals surface area contributed by atoms with Gasteiger partial charge in [-0.3, -0.25) is 4.99 Å². The summed E-state index contributed by atoms with van der Waals surface area (Å²) < 4.78 is 13.3. The van der Waals surface area contributed by atoms with Crippen molar-refractivity contribution in [3.63, 3.8) is 0 Å². The monoisotopic (exact) mass is 342 g/mol. The highest BCUT2D eigenvalue weighted by Crippen LogP contribution is 2.45. The third kappa shape index (κ3) is 3.24. The van der Waals surface area contributed by atoms with Crippen molar-refractivity contribution >= 4 is 16.9 Å². The van der Waals surface area contributed by atoms with E-state index in [4.69, 9.17) is 0 Å². The first-order chi connectivity index (χ1) is 12.2. The number of aromatic nitrogens is 1. The van der Waals surface area contributed by atoms with E-state index in [1.54, 1.807) is 6.07 Å². The fraction of sp³-hybridized carbons (Fsp3) is 0.550. The van der Waals surface area contributed by atoms with E-state index in [0.717, 1.165) is 42.9 Å². The number of H-pyrrole nitrogens is 1. The maximum atomic E-state index is 13.3. The van der Waals surface area contributed by atoms with Gasteiger partial charge in [0.2, 0.25) is 0 Å². The van der Waals surface area contributed by atoms with E-state index in [-0.39, 0.29) is 5.82 Å². The van der Waals surface area contributed by atoms with E-state index in [0.29, 0.717) is 5.41 Å². The number of nitrogens with zero attached hydrogens (tertiary/aromatic N) is 2. The summed E-state index contributed by atoms with van der Waals surface area (Å²) in [6, 6.07) is 4.93. The molecule has 1 spiro atoms. The number of aromatic amines is 1. The van der Waals surface area contributed by atoms with Crippen molar-refractivity contribution in [1.82, 2.24) is 15.2 Å². The summed E-state index contributed by atoms with van der Waals surface area (Å²) in [6.45, 7) is 3.10. The van der Waals surface area contributed by atoms with Crippen LogP contribution in [-0.4, -0.2) is 42.5 Å². The SMILES string of the molecule is CN=C(NCCc1c[nH]c2cc(F)ccc12)N1CCC2(CCCC2)C1. The van der Waals surface area contributed by atoms with Crippen LogP contribution < -0.4 is 5.32 Å². The number of guanidine groups is 1. The average molecular weight is 342 g/mol. The van der Waals surface area contributed by atoms with Crippen LogP contribution in [0.5, 0.6) is 0 Å². The molecule has 1 saturated carbocycles. The van der Waals surface area contributed by atoms with Gasteiger partial charge in [-0.1, -0.05) is 12.8 Å². The lowest BCUT2D eigenvalue weighted by molar-refractivity contribution is 0.309. The van der Waals surface area contributed by atoms with Gasteiger partial charge in [-0.15, -0.1) is 0 Å². The molecule has 4 rings (SSSR count). The van der Waals surface area contributed by atoms with Gasteiger partial charge in [0.15, 0.2) is 5.96 Å². The van der Waals surface area contributed by atoms with Gasteiger partial charge in [-0.2, -0.15) is 0 Å². The molecular weight excluding hydrogens is 315 g/mol. The van der Waals surface area contributed by atoms with E-state index in [9.17, 15) is 4.39 Å². The van der Waals surface area contributed by atoms with Gasteiger partial charge in [0, 0.05) is 43.8 Å². The first-order valence-electron chi connectivity index (χ1n) is 9.40. The molecule has 2 fully saturated rings. The molecular formula is C20H27FN4. The molecule has 2 N–H and O–H groups in total. The fourth-order valence-electron chi connectivity index (χ4n) is 4.66. The summed E-state index contributed by atoms with van der Waals surface area (Å²) in [6.07, 6.45) is 9.73. The summed E-state index contributed by atoms with van der Waals surface area (Å²) in [4.78, 5) is 10.1. The number of fused-ring (bicyclic) bond motifs is 1. The Balaban J connectivity index is 1.35. The molecule has 2 heterocycles. The molecule has 0 atom stereocenters. The van der Waals surface area contributed by atoms with Crippen LogP contribution in [0.15, 0.2) is 29.4 Å². The van der Waals surface area contributed by atoms with Crippen LogP contribution in [0.3, 0.4) is 0 Å². The number of halogens is 1. The molecule has 0 unspecified atom stereocenters. The summed E-state index contributed by atoms with van der Waals surface area (Å²) in [5.74, 6) is 0.823. The smallest absolute Gasteiger partial charge is 0.193 e. The van der Waals surface area contributed by atoms with Crippen molar-refractivity contribution in [2.24, 2.45) is 10.4 Å². The zero-order valence-electron chi connectivity index (χ0n) is 14.9. The number of benzene rings is 1. The van der Waals surface area contributed by atoms with Crippen molar-refractivity contribution in [2.45, 2.75) is 38.5 Å². The minimum atomic E-state index is -0.200. The predicted octanol–water partition coefficient (Wildman–Crippen LogP) is 3.69. The molecule has 1 aliphatic heterocycles. The Morgan fingerprint density at radius 3 is 2.96 bits per heavy atom. The van der Waals surface area contributed by atoms with Crippen LogP contribution in [0.2, 0.25) is 0 Å². The molecule has 2 aliphatic rings. The fourth-order valence-corrected chi connectivity index (χ4v) is 4.66. The van der Waals surface area contributed by atoms with Crippen molar-refractivity contribution in [2.75, 3.05) is 26.7 Å². The van der Waals surface area contributed by atoms with Gasteiger partial charge in [-0.05, 0) is 54.9 Å². The Kier molecular flexibility index (Phi) is 4.40. The first kappa shape index (κ1) is 16.4. The highest BCUT2D eigenvalue weighted by atomic mass is 19.1. The lowest BCUT2D eigenvalue weighted by Gasteiger charge is -2.25.